The molecule has 0 saturated carbocycles. The highest BCUT2D eigenvalue weighted by molar-refractivity contribution is 5.77. The van der Waals surface area contributed by atoms with Crippen molar-refractivity contribution in [2.24, 2.45) is 0 Å². The van der Waals surface area contributed by atoms with Crippen molar-refractivity contribution >= 4 is 16.7 Å². The van der Waals surface area contributed by atoms with E-state index in [2.05, 4.69) is 40.1 Å². The molecule has 4 rings (SSSR count). The van der Waals surface area contributed by atoms with Crippen LogP contribution in [0.5, 0.6) is 5.75 Å². The molecular weight excluding hydrogens is 328 g/mol. The van der Waals surface area contributed by atoms with Crippen molar-refractivity contribution in [3.05, 3.63) is 71.1 Å². The van der Waals surface area contributed by atoms with Crippen LogP contribution in [0.4, 0.5) is 5.69 Å². The number of anilines is 1. The Morgan fingerprint density at radius 3 is 2.50 bits per heavy atom. The number of hydrogen-bond acceptors (Lipinski definition) is 5. The molecule has 5 nitrogen and oxygen atoms in total. The second-order valence-corrected chi connectivity index (χ2v) is 6.47. The van der Waals surface area contributed by atoms with Gasteiger partial charge < -0.3 is 14.1 Å². The molecule has 1 aliphatic rings. The van der Waals surface area contributed by atoms with E-state index in [1.54, 1.807) is 12.1 Å². The summed E-state index contributed by atoms with van der Waals surface area (Å²) in [6.45, 7) is 5.64. The van der Waals surface area contributed by atoms with Crippen LogP contribution in [0.3, 0.4) is 0 Å². The quantitative estimate of drug-likeness (QED) is 0.662. The third kappa shape index (κ3) is 3.89. The lowest BCUT2D eigenvalue weighted by atomic mass is 10.2. The number of ether oxygens (including phenoxy) is 1. The van der Waals surface area contributed by atoms with Crippen molar-refractivity contribution in [2.45, 2.75) is 0 Å². The lowest BCUT2D eigenvalue weighted by Crippen LogP contribution is -2.47. The number of benzene rings is 2. The van der Waals surface area contributed by atoms with Crippen LogP contribution in [0.2, 0.25) is 0 Å². The van der Waals surface area contributed by atoms with Crippen molar-refractivity contribution in [1.29, 1.82) is 0 Å². The van der Waals surface area contributed by atoms with E-state index in [1.807, 2.05) is 12.1 Å². The molecule has 134 valence electrons. The van der Waals surface area contributed by atoms with Gasteiger partial charge >= 0.3 is 5.63 Å². The van der Waals surface area contributed by atoms with E-state index in [9.17, 15) is 4.79 Å². The zero-order valence-corrected chi connectivity index (χ0v) is 14.6. The molecule has 26 heavy (non-hydrogen) atoms. The Hall–Kier alpha value is -2.79. The molecule has 5 heteroatoms. The monoisotopic (exact) mass is 350 g/mol. The van der Waals surface area contributed by atoms with Crippen molar-refractivity contribution in [3.63, 3.8) is 0 Å². The summed E-state index contributed by atoms with van der Waals surface area (Å²) in [5, 5.41) is 0.897. The van der Waals surface area contributed by atoms with Gasteiger partial charge in [-0.2, -0.15) is 0 Å². The maximum Gasteiger partial charge on any atom is 0.336 e. The normalized spacial score (nSPS) is 15.3. The number of rotatable bonds is 5. The molecular formula is C21H22N2O3. The van der Waals surface area contributed by atoms with Crippen molar-refractivity contribution < 1.29 is 9.15 Å². The van der Waals surface area contributed by atoms with Gasteiger partial charge in [0, 0.05) is 55.9 Å². The first-order chi connectivity index (χ1) is 12.8. The van der Waals surface area contributed by atoms with E-state index >= 15 is 0 Å². The van der Waals surface area contributed by atoms with Crippen LogP contribution in [0.15, 0.2) is 69.9 Å². The van der Waals surface area contributed by atoms with Crippen LogP contribution >= 0.6 is 0 Å². The van der Waals surface area contributed by atoms with Crippen LogP contribution in [0.25, 0.3) is 11.0 Å². The van der Waals surface area contributed by atoms with Crippen LogP contribution < -0.4 is 15.3 Å². The SMILES string of the molecule is O=c1ccc2ccc(OCCN3CCN(c4ccccc4)CC3)cc2o1. The van der Waals surface area contributed by atoms with Crippen LogP contribution in [0.1, 0.15) is 0 Å². The summed E-state index contributed by atoms with van der Waals surface area (Å²) < 4.78 is 11.1. The summed E-state index contributed by atoms with van der Waals surface area (Å²) in [5.41, 5.74) is 1.51. The average Bonchev–Trinajstić information content (AvgIpc) is 2.69. The van der Waals surface area contributed by atoms with Crippen molar-refractivity contribution in [2.75, 3.05) is 44.2 Å². The van der Waals surface area contributed by atoms with Gasteiger partial charge in [0.15, 0.2) is 0 Å². The van der Waals surface area contributed by atoms with Gasteiger partial charge in [-0.05, 0) is 30.3 Å². The molecule has 0 spiro atoms. The molecule has 1 saturated heterocycles. The summed E-state index contributed by atoms with van der Waals surface area (Å²) in [7, 11) is 0. The number of hydrogen-bond donors (Lipinski definition) is 0. The first-order valence-corrected chi connectivity index (χ1v) is 8.97. The zero-order valence-electron chi connectivity index (χ0n) is 14.6. The lowest BCUT2D eigenvalue weighted by Gasteiger charge is -2.36. The van der Waals surface area contributed by atoms with E-state index in [0.717, 1.165) is 43.9 Å². The van der Waals surface area contributed by atoms with E-state index in [0.29, 0.717) is 12.2 Å². The first kappa shape index (κ1) is 16.7. The molecule has 3 aromatic rings. The number of para-hydroxylation sites is 1. The summed E-state index contributed by atoms with van der Waals surface area (Å²) in [6, 6.07) is 19.3. The predicted molar refractivity (Wildman–Crippen MR) is 103 cm³/mol. The van der Waals surface area contributed by atoms with Gasteiger partial charge in [-0.1, -0.05) is 18.2 Å². The van der Waals surface area contributed by atoms with Crippen molar-refractivity contribution in [3.8, 4) is 5.75 Å². The van der Waals surface area contributed by atoms with E-state index in [4.69, 9.17) is 9.15 Å². The maximum atomic E-state index is 11.3. The smallest absolute Gasteiger partial charge is 0.336 e. The number of piperazine rings is 1. The second-order valence-electron chi connectivity index (χ2n) is 6.47. The van der Waals surface area contributed by atoms with Crippen LogP contribution in [-0.4, -0.2) is 44.2 Å². The minimum atomic E-state index is -0.342. The fraction of sp³-hybridized carbons (Fsp3) is 0.286. The molecule has 0 bridgehead atoms. The first-order valence-electron chi connectivity index (χ1n) is 8.97. The fourth-order valence-electron chi connectivity index (χ4n) is 3.29. The fourth-order valence-corrected chi connectivity index (χ4v) is 3.29. The Bertz CT molecular complexity index is 915. The lowest BCUT2D eigenvalue weighted by molar-refractivity contribution is 0.200. The largest absolute Gasteiger partial charge is 0.492 e. The Morgan fingerprint density at radius 2 is 1.69 bits per heavy atom. The van der Waals surface area contributed by atoms with Crippen molar-refractivity contribution in [1.82, 2.24) is 4.90 Å². The van der Waals surface area contributed by atoms with Gasteiger partial charge in [0.05, 0.1) is 0 Å². The third-order valence-electron chi connectivity index (χ3n) is 4.76. The highest BCUT2D eigenvalue weighted by Crippen LogP contribution is 2.20. The van der Waals surface area contributed by atoms with Gasteiger partial charge in [0.1, 0.15) is 17.9 Å². The minimum Gasteiger partial charge on any atom is -0.492 e. The number of nitrogens with zero attached hydrogens (tertiary/aromatic N) is 2. The number of fused-ring (bicyclic) bond motifs is 1. The molecule has 0 radical (unpaired) electrons. The zero-order chi connectivity index (χ0) is 17.8. The summed E-state index contributed by atoms with van der Waals surface area (Å²) in [6.07, 6.45) is 0. The van der Waals surface area contributed by atoms with E-state index < -0.39 is 0 Å². The molecule has 2 heterocycles. The summed E-state index contributed by atoms with van der Waals surface area (Å²) in [5.74, 6) is 0.731. The Labute approximate surface area is 152 Å². The maximum absolute atomic E-state index is 11.3. The van der Waals surface area contributed by atoms with Crippen LogP contribution in [-0.2, 0) is 0 Å². The molecule has 1 aliphatic heterocycles. The summed E-state index contributed by atoms with van der Waals surface area (Å²) >= 11 is 0. The van der Waals surface area contributed by atoms with Gasteiger partial charge in [0.25, 0.3) is 0 Å². The molecule has 0 N–H and O–H groups in total. The van der Waals surface area contributed by atoms with Gasteiger partial charge in [-0.3, -0.25) is 4.90 Å². The second kappa shape index (κ2) is 7.62. The highest BCUT2D eigenvalue weighted by atomic mass is 16.5. The van der Waals surface area contributed by atoms with Crippen LogP contribution in [0, 0.1) is 0 Å². The molecule has 0 atom stereocenters. The van der Waals surface area contributed by atoms with Gasteiger partial charge in [-0.15, -0.1) is 0 Å². The summed E-state index contributed by atoms with van der Waals surface area (Å²) in [4.78, 5) is 16.2. The Balaban J connectivity index is 1.27. The Morgan fingerprint density at radius 1 is 0.923 bits per heavy atom. The molecule has 0 amide bonds. The van der Waals surface area contributed by atoms with Gasteiger partial charge in [-0.25, -0.2) is 4.79 Å². The molecule has 1 fully saturated rings. The highest BCUT2D eigenvalue weighted by Gasteiger charge is 2.16. The predicted octanol–water partition coefficient (Wildman–Crippen LogP) is 2.99. The third-order valence-corrected chi connectivity index (χ3v) is 4.76. The molecule has 0 unspecified atom stereocenters. The van der Waals surface area contributed by atoms with Gasteiger partial charge in [0.2, 0.25) is 0 Å². The Kier molecular flexibility index (Phi) is 4.88. The van der Waals surface area contributed by atoms with E-state index in [-0.39, 0.29) is 5.63 Å². The average molecular weight is 350 g/mol. The molecule has 1 aromatic heterocycles. The van der Waals surface area contributed by atoms with E-state index in [1.165, 1.54) is 11.8 Å². The molecule has 0 aliphatic carbocycles. The topological polar surface area (TPSA) is 45.9 Å². The molecule has 2 aromatic carbocycles. The standard InChI is InChI=1S/C21H22N2O3/c24-21-9-7-17-6-8-19(16-20(17)26-21)25-15-14-22-10-12-23(13-11-22)18-4-2-1-3-5-18/h1-9,16H,10-15H2. The minimum absolute atomic E-state index is 0.342.